The van der Waals surface area contributed by atoms with Gasteiger partial charge >= 0.3 is 0 Å². The molecule has 2 N–H and O–H groups in total. The van der Waals surface area contributed by atoms with E-state index < -0.39 is 5.91 Å². The number of hydrogen-bond acceptors (Lipinski definition) is 3. The molecule has 1 spiro atoms. The molecule has 2 heterocycles. The molecule has 25 heavy (non-hydrogen) atoms. The van der Waals surface area contributed by atoms with Crippen LogP contribution in [0.5, 0.6) is 5.75 Å². The third kappa shape index (κ3) is 1.77. The summed E-state index contributed by atoms with van der Waals surface area (Å²) >= 11 is 0. The van der Waals surface area contributed by atoms with Crippen LogP contribution in [0.25, 0.3) is 0 Å². The number of likely N-dealkylation sites (tertiary alicyclic amines) is 1. The minimum Gasteiger partial charge on any atom is -0.485 e. The van der Waals surface area contributed by atoms with Gasteiger partial charge in [0.1, 0.15) is 24.0 Å². The number of carbonyl (C=O) groups excluding carboxylic acids is 1. The molecule has 2 bridgehead atoms. The Morgan fingerprint density at radius 1 is 1.40 bits per heavy atom. The average Bonchev–Trinajstić information content (AvgIpc) is 2.92. The maximum atomic E-state index is 12.0. The number of hydrogen-bond donors (Lipinski definition) is 1. The van der Waals surface area contributed by atoms with Gasteiger partial charge in [-0.05, 0) is 11.6 Å². The summed E-state index contributed by atoms with van der Waals surface area (Å²) < 4.78 is 13.1. The van der Waals surface area contributed by atoms with Crippen molar-refractivity contribution in [3.63, 3.8) is 0 Å². The van der Waals surface area contributed by atoms with E-state index in [1.807, 2.05) is 6.07 Å². The molecule has 4 aliphatic rings. The van der Waals surface area contributed by atoms with Gasteiger partial charge in [0.2, 0.25) is 0 Å². The van der Waals surface area contributed by atoms with Crippen molar-refractivity contribution in [2.45, 2.75) is 36.5 Å². The molecule has 6 atom stereocenters. The molecule has 132 valence electrons. The fourth-order valence-electron chi connectivity index (χ4n) is 5.91. The van der Waals surface area contributed by atoms with Crippen LogP contribution in [-0.2, 0) is 16.4 Å². The Bertz CT molecular complexity index is 821. The number of primary amides is 1. The summed E-state index contributed by atoms with van der Waals surface area (Å²) in [5, 5.41) is 0. The Labute approximate surface area is 150 Å². The number of nitrogens with two attached hydrogens (primary N) is 1. The van der Waals surface area contributed by atoms with Gasteiger partial charge in [0.25, 0.3) is 5.91 Å². The smallest absolute Gasteiger partial charge is 0.252 e. The summed E-state index contributed by atoms with van der Waals surface area (Å²) in [5.41, 5.74) is 8.58. The molecule has 2 aliphatic carbocycles. The van der Waals surface area contributed by atoms with E-state index in [0.717, 1.165) is 23.9 Å². The van der Waals surface area contributed by atoms with Crippen molar-refractivity contribution >= 4 is 15.4 Å². The number of quaternary nitrogens is 1. The normalized spacial score (nSPS) is 38.8. The van der Waals surface area contributed by atoms with Crippen molar-refractivity contribution in [2.75, 3.05) is 20.6 Å². The van der Waals surface area contributed by atoms with Crippen LogP contribution in [0.3, 0.4) is 0 Å². The molecule has 1 fully saturated rings. The molecule has 0 saturated carbocycles. The lowest BCUT2D eigenvalue weighted by molar-refractivity contribution is -0.926. The zero-order chi connectivity index (χ0) is 17.6. The fourth-order valence-corrected chi connectivity index (χ4v) is 6.14. The Hall–Kier alpha value is -1.42. The highest BCUT2D eigenvalue weighted by molar-refractivity contribution is 7.09. The highest BCUT2D eigenvalue weighted by Gasteiger charge is 2.67. The molecule has 1 saturated heterocycles. The topological polar surface area (TPSA) is 61.6 Å². The van der Waals surface area contributed by atoms with Crippen molar-refractivity contribution in [1.82, 2.24) is 0 Å². The summed E-state index contributed by atoms with van der Waals surface area (Å²) in [4.78, 5) is 12.0. The second kappa shape index (κ2) is 4.85. The number of amides is 1. The maximum Gasteiger partial charge on any atom is 0.252 e. The van der Waals surface area contributed by atoms with Crippen molar-refractivity contribution < 1.29 is 18.5 Å². The van der Waals surface area contributed by atoms with Gasteiger partial charge in [0, 0.05) is 33.8 Å². The maximum absolute atomic E-state index is 12.0. The average molecular weight is 359 g/mol. The Balaban J connectivity index is 1.81. The van der Waals surface area contributed by atoms with E-state index in [9.17, 15) is 4.79 Å². The van der Waals surface area contributed by atoms with Crippen LogP contribution in [-0.4, -0.2) is 49.3 Å². The number of ether oxygens (including phenoxy) is 1. The first kappa shape index (κ1) is 15.8. The van der Waals surface area contributed by atoms with Crippen molar-refractivity contribution in [2.24, 2.45) is 11.7 Å². The highest BCUT2D eigenvalue weighted by atomic mass is 31.0. The van der Waals surface area contributed by atoms with E-state index in [4.69, 9.17) is 15.0 Å². The molecule has 1 aromatic rings. The summed E-state index contributed by atoms with van der Waals surface area (Å²) in [6.45, 7) is 1.10. The molecular weight excluding hydrogens is 335 g/mol. The first-order valence-corrected chi connectivity index (χ1v) is 9.36. The first-order chi connectivity index (χ1) is 11.9. The van der Waals surface area contributed by atoms with Gasteiger partial charge in [-0.1, -0.05) is 18.2 Å². The van der Waals surface area contributed by atoms with Crippen molar-refractivity contribution in [3.8, 4) is 5.75 Å². The van der Waals surface area contributed by atoms with Crippen LogP contribution < -0.4 is 10.5 Å². The van der Waals surface area contributed by atoms with E-state index >= 15 is 0 Å². The zero-order valence-corrected chi connectivity index (χ0v) is 15.7. The Morgan fingerprint density at radius 2 is 2.20 bits per heavy atom. The van der Waals surface area contributed by atoms with Gasteiger partial charge in [-0.2, -0.15) is 0 Å². The van der Waals surface area contributed by atoms with Crippen LogP contribution in [0.2, 0.25) is 0 Å². The van der Waals surface area contributed by atoms with E-state index in [0.29, 0.717) is 23.3 Å². The van der Waals surface area contributed by atoms with Gasteiger partial charge in [-0.25, -0.2) is 0 Å². The van der Waals surface area contributed by atoms with Gasteiger partial charge in [-0.3, -0.25) is 4.79 Å². The molecule has 1 amide bonds. The minimum atomic E-state index is -0.422. The molecule has 6 unspecified atom stereocenters. The molecule has 1 aromatic carbocycles. The lowest BCUT2D eigenvalue weighted by Gasteiger charge is -2.58. The summed E-state index contributed by atoms with van der Waals surface area (Å²) in [7, 11) is 7.04. The second-order valence-electron chi connectivity index (χ2n) is 8.45. The van der Waals surface area contributed by atoms with Crippen LogP contribution >= 0.6 is 9.47 Å². The van der Waals surface area contributed by atoms with Crippen LogP contribution in [0.15, 0.2) is 24.3 Å². The molecule has 0 radical (unpaired) electrons. The molecule has 6 heteroatoms. The SMILES string of the molecule is C[N+]1(C)CCC23c4c5ccc(C(N)=O)c4OC2C(OP)C=CC3C1C5. The summed E-state index contributed by atoms with van der Waals surface area (Å²) in [6, 6.07) is 4.44. The molecule has 0 aromatic heterocycles. The first-order valence-electron chi connectivity index (χ1n) is 8.89. The molecule has 5 nitrogen and oxygen atoms in total. The van der Waals surface area contributed by atoms with E-state index in [1.54, 1.807) is 0 Å². The monoisotopic (exact) mass is 359 g/mol. The van der Waals surface area contributed by atoms with Crippen molar-refractivity contribution in [1.29, 1.82) is 0 Å². The summed E-state index contributed by atoms with van der Waals surface area (Å²) in [5.74, 6) is 0.686. The zero-order valence-electron chi connectivity index (χ0n) is 14.6. The minimum absolute atomic E-state index is 0.0997. The number of rotatable bonds is 2. The third-order valence-corrected chi connectivity index (χ3v) is 7.44. The second-order valence-corrected chi connectivity index (χ2v) is 8.73. The summed E-state index contributed by atoms with van der Waals surface area (Å²) in [6.07, 6.45) is 6.29. The van der Waals surface area contributed by atoms with Gasteiger partial charge < -0.3 is 19.5 Å². The lowest BCUT2D eigenvalue weighted by atomic mass is 9.52. The fraction of sp³-hybridized carbons (Fsp3) is 0.526. The van der Waals surface area contributed by atoms with Crippen molar-refractivity contribution in [3.05, 3.63) is 41.0 Å². The Morgan fingerprint density at radius 3 is 2.92 bits per heavy atom. The van der Waals surface area contributed by atoms with Gasteiger partial charge in [-0.15, -0.1) is 0 Å². The molecule has 5 rings (SSSR count). The predicted octanol–water partition coefficient (Wildman–Crippen LogP) is 1.55. The highest BCUT2D eigenvalue weighted by Crippen LogP contribution is 2.62. The number of carbonyl (C=O) groups is 1. The molecule has 2 aliphatic heterocycles. The number of nitrogens with zero attached hydrogens (tertiary/aromatic N) is 1. The number of benzene rings is 1. The predicted molar refractivity (Wildman–Crippen MR) is 97.4 cm³/mol. The van der Waals surface area contributed by atoms with Crippen LogP contribution in [0.4, 0.5) is 0 Å². The quantitative estimate of drug-likeness (QED) is 0.495. The number of piperidine rings is 1. The van der Waals surface area contributed by atoms with E-state index in [1.165, 1.54) is 11.1 Å². The van der Waals surface area contributed by atoms with Crippen LogP contribution in [0, 0.1) is 5.92 Å². The standard InChI is InChI=1S/C19H23N2O3P/c1-21(2)8-7-19-12-5-6-14(24-25)17(19)23-16-11(18(20)22)4-3-10(15(16)19)9-13(12)21/h3-6,12-14,17H,7-9,25H2,1-2H3,(H-,20,22)/p+1. The third-order valence-electron chi connectivity index (χ3n) is 7.13. The largest absolute Gasteiger partial charge is 0.485 e. The van der Waals surface area contributed by atoms with Gasteiger partial charge in [0.15, 0.2) is 0 Å². The van der Waals surface area contributed by atoms with E-state index in [-0.39, 0.29) is 17.6 Å². The molecular formula is C19H24N2O3P+. The van der Waals surface area contributed by atoms with Gasteiger partial charge in [0.05, 0.1) is 31.6 Å². The van der Waals surface area contributed by atoms with E-state index in [2.05, 4.69) is 41.8 Å². The van der Waals surface area contributed by atoms with Crippen LogP contribution in [0.1, 0.15) is 27.9 Å². The lowest BCUT2D eigenvalue weighted by Crippen LogP contribution is -2.70. The Kier molecular flexibility index (Phi) is 3.06. The number of likely N-dealkylation sites (N-methyl/N-ethyl adjacent to an activating group) is 1.